The zero-order valence-electron chi connectivity index (χ0n) is 16.4. The summed E-state index contributed by atoms with van der Waals surface area (Å²) in [6.45, 7) is 0.323. The lowest BCUT2D eigenvalue weighted by molar-refractivity contribution is -0.384. The highest BCUT2D eigenvalue weighted by molar-refractivity contribution is 5.62. The number of piperidine rings is 1. The van der Waals surface area contributed by atoms with Crippen LogP contribution in [0.25, 0.3) is 0 Å². The van der Waals surface area contributed by atoms with E-state index in [0.29, 0.717) is 18.7 Å². The van der Waals surface area contributed by atoms with Crippen LogP contribution in [-0.4, -0.2) is 28.8 Å². The molecule has 1 fully saturated rings. The number of para-hydroxylation sites is 2. The third-order valence-electron chi connectivity index (χ3n) is 5.02. The normalized spacial score (nSPS) is 18.5. The SMILES string of the molecule is O=[N+]([O-])c1cnccc1N1CCC(Oc2ccccc2F)CC1Oc1ccccc1F. The number of benzene rings is 2. The first-order chi connectivity index (χ1) is 15.0. The molecule has 0 bridgehead atoms. The number of aromatic nitrogens is 1. The molecule has 2 aromatic carbocycles. The first-order valence-corrected chi connectivity index (χ1v) is 9.70. The van der Waals surface area contributed by atoms with Crippen LogP contribution in [0, 0.1) is 21.7 Å². The van der Waals surface area contributed by atoms with Gasteiger partial charge in [-0.15, -0.1) is 0 Å². The molecule has 0 saturated carbocycles. The molecule has 1 aliphatic heterocycles. The Kier molecular flexibility index (Phi) is 5.92. The molecule has 1 aliphatic rings. The van der Waals surface area contributed by atoms with Crippen molar-refractivity contribution in [3.8, 4) is 11.5 Å². The zero-order valence-corrected chi connectivity index (χ0v) is 16.4. The molecule has 2 unspecified atom stereocenters. The molecule has 4 rings (SSSR count). The number of anilines is 1. The highest BCUT2D eigenvalue weighted by Gasteiger charge is 2.35. The number of nitro groups is 1. The van der Waals surface area contributed by atoms with Crippen LogP contribution in [-0.2, 0) is 0 Å². The summed E-state index contributed by atoms with van der Waals surface area (Å²) >= 11 is 0. The topological polar surface area (TPSA) is 77.7 Å². The van der Waals surface area contributed by atoms with E-state index in [1.165, 1.54) is 36.5 Å². The monoisotopic (exact) mass is 427 g/mol. The van der Waals surface area contributed by atoms with Crippen LogP contribution in [0.4, 0.5) is 20.2 Å². The lowest BCUT2D eigenvalue weighted by atomic mass is 10.0. The third kappa shape index (κ3) is 4.55. The van der Waals surface area contributed by atoms with Gasteiger partial charge < -0.3 is 14.4 Å². The van der Waals surface area contributed by atoms with Crippen molar-refractivity contribution in [3.05, 3.63) is 88.7 Å². The Labute approximate surface area is 177 Å². The second kappa shape index (κ2) is 8.95. The molecule has 1 aromatic heterocycles. The van der Waals surface area contributed by atoms with Gasteiger partial charge in [-0.3, -0.25) is 15.1 Å². The summed E-state index contributed by atoms with van der Waals surface area (Å²) in [7, 11) is 0. The largest absolute Gasteiger partial charge is 0.487 e. The Bertz CT molecular complexity index is 1080. The quantitative estimate of drug-likeness (QED) is 0.418. The number of hydrogen-bond donors (Lipinski definition) is 0. The van der Waals surface area contributed by atoms with Crippen molar-refractivity contribution >= 4 is 11.4 Å². The molecule has 160 valence electrons. The first-order valence-electron chi connectivity index (χ1n) is 9.70. The number of nitrogens with zero attached hydrogens (tertiary/aromatic N) is 3. The van der Waals surface area contributed by atoms with Crippen LogP contribution >= 0.6 is 0 Å². The molecule has 3 aromatic rings. The van der Waals surface area contributed by atoms with Crippen LogP contribution in [0.3, 0.4) is 0 Å². The molecular weight excluding hydrogens is 408 g/mol. The van der Waals surface area contributed by atoms with Crippen LogP contribution in [0.2, 0.25) is 0 Å². The summed E-state index contributed by atoms with van der Waals surface area (Å²) in [6.07, 6.45) is 2.11. The average Bonchev–Trinajstić information content (AvgIpc) is 2.77. The maximum absolute atomic E-state index is 14.2. The van der Waals surface area contributed by atoms with Gasteiger partial charge in [0.15, 0.2) is 29.4 Å². The van der Waals surface area contributed by atoms with E-state index in [9.17, 15) is 18.9 Å². The van der Waals surface area contributed by atoms with E-state index >= 15 is 0 Å². The molecule has 31 heavy (non-hydrogen) atoms. The Morgan fingerprint density at radius 2 is 1.65 bits per heavy atom. The zero-order chi connectivity index (χ0) is 21.8. The van der Waals surface area contributed by atoms with Crippen molar-refractivity contribution in [2.45, 2.75) is 25.2 Å². The van der Waals surface area contributed by atoms with Crippen molar-refractivity contribution < 1.29 is 23.2 Å². The van der Waals surface area contributed by atoms with Gasteiger partial charge in [-0.1, -0.05) is 24.3 Å². The number of halogens is 2. The highest BCUT2D eigenvalue weighted by Crippen LogP contribution is 2.35. The van der Waals surface area contributed by atoms with Gasteiger partial charge in [-0.05, 0) is 30.3 Å². The fourth-order valence-corrected chi connectivity index (χ4v) is 3.56. The fraction of sp³-hybridized carbons (Fsp3) is 0.227. The van der Waals surface area contributed by atoms with Crippen molar-refractivity contribution in [1.29, 1.82) is 0 Å². The summed E-state index contributed by atoms with van der Waals surface area (Å²) < 4.78 is 40.0. The average molecular weight is 427 g/mol. The van der Waals surface area contributed by atoms with Gasteiger partial charge in [-0.2, -0.15) is 0 Å². The molecule has 0 aliphatic carbocycles. The Morgan fingerprint density at radius 3 is 2.29 bits per heavy atom. The lowest BCUT2D eigenvalue weighted by Crippen LogP contribution is -2.49. The Balaban J connectivity index is 1.63. The second-order valence-corrected chi connectivity index (χ2v) is 7.01. The van der Waals surface area contributed by atoms with Crippen molar-refractivity contribution in [2.24, 2.45) is 0 Å². The lowest BCUT2D eigenvalue weighted by Gasteiger charge is -2.40. The van der Waals surface area contributed by atoms with E-state index in [-0.39, 0.29) is 23.6 Å². The minimum atomic E-state index is -0.775. The molecule has 0 spiro atoms. The van der Waals surface area contributed by atoms with Crippen LogP contribution < -0.4 is 14.4 Å². The van der Waals surface area contributed by atoms with E-state index in [1.807, 2.05) is 0 Å². The van der Waals surface area contributed by atoms with Crippen molar-refractivity contribution in [2.75, 3.05) is 11.4 Å². The van der Waals surface area contributed by atoms with E-state index in [0.717, 1.165) is 6.20 Å². The predicted octanol–water partition coefficient (Wildman–Crippen LogP) is 4.72. The first kappa shape index (κ1) is 20.5. The smallest absolute Gasteiger partial charge is 0.310 e. The van der Waals surface area contributed by atoms with E-state index in [2.05, 4.69) is 4.98 Å². The summed E-state index contributed by atoms with van der Waals surface area (Å²) in [5.41, 5.74) is 0.129. The van der Waals surface area contributed by atoms with E-state index in [1.54, 1.807) is 29.2 Å². The minimum Gasteiger partial charge on any atom is -0.487 e. The number of ether oxygens (including phenoxy) is 2. The number of pyridine rings is 1. The molecule has 2 atom stereocenters. The minimum absolute atomic E-state index is 0.0146. The van der Waals surface area contributed by atoms with Gasteiger partial charge in [0.25, 0.3) is 0 Å². The van der Waals surface area contributed by atoms with Gasteiger partial charge in [0.2, 0.25) is 0 Å². The molecule has 7 nitrogen and oxygen atoms in total. The maximum atomic E-state index is 14.2. The molecule has 1 saturated heterocycles. The summed E-state index contributed by atoms with van der Waals surface area (Å²) in [5, 5.41) is 11.5. The molecule has 0 amide bonds. The summed E-state index contributed by atoms with van der Waals surface area (Å²) in [6, 6.07) is 13.5. The van der Waals surface area contributed by atoms with Gasteiger partial charge in [0.05, 0.1) is 4.92 Å². The van der Waals surface area contributed by atoms with Crippen LogP contribution in [0.5, 0.6) is 11.5 Å². The van der Waals surface area contributed by atoms with Crippen LogP contribution in [0.1, 0.15) is 12.8 Å². The molecular formula is C22H19F2N3O4. The standard InChI is InChI=1S/C22H19F2N3O4/c23-16-5-1-3-7-20(16)30-15-10-12-26(18-9-11-25-14-19(18)27(28)29)22(13-15)31-21-8-4-2-6-17(21)24/h1-9,11,14-15,22H,10,12-13H2. The van der Waals surface area contributed by atoms with Crippen LogP contribution in [0.15, 0.2) is 67.0 Å². The van der Waals surface area contributed by atoms with Crippen molar-refractivity contribution in [1.82, 2.24) is 4.98 Å². The van der Waals surface area contributed by atoms with Gasteiger partial charge >= 0.3 is 5.69 Å². The summed E-state index contributed by atoms with van der Waals surface area (Å²) in [5.74, 6) is -0.911. The molecule has 2 heterocycles. The van der Waals surface area contributed by atoms with Crippen molar-refractivity contribution in [3.63, 3.8) is 0 Å². The molecule has 0 N–H and O–H groups in total. The Hall–Kier alpha value is -3.75. The maximum Gasteiger partial charge on any atom is 0.310 e. The number of rotatable bonds is 6. The van der Waals surface area contributed by atoms with E-state index < -0.39 is 28.9 Å². The fourth-order valence-electron chi connectivity index (χ4n) is 3.56. The third-order valence-corrected chi connectivity index (χ3v) is 5.02. The van der Waals surface area contributed by atoms with Gasteiger partial charge in [0.1, 0.15) is 18.0 Å². The Morgan fingerprint density at radius 1 is 1.00 bits per heavy atom. The highest BCUT2D eigenvalue weighted by atomic mass is 19.1. The molecule has 9 heteroatoms. The van der Waals surface area contributed by atoms with Gasteiger partial charge in [0, 0.05) is 25.6 Å². The predicted molar refractivity (Wildman–Crippen MR) is 109 cm³/mol. The van der Waals surface area contributed by atoms with E-state index in [4.69, 9.17) is 9.47 Å². The second-order valence-electron chi connectivity index (χ2n) is 7.01. The van der Waals surface area contributed by atoms with Gasteiger partial charge in [-0.25, -0.2) is 8.78 Å². The number of hydrogen-bond acceptors (Lipinski definition) is 6. The molecule has 0 radical (unpaired) electrons. The summed E-state index contributed by atoms with van der Waals surface area (Å²) in [4.78, 5) is 16.5.